The lowest BCUT2D eigenvalue weighted by Crippen LogP contribution is -2.18. The van der Waals surface area contributed by atoms with Crippen molar-refractivity contribution in [2.24, 2.45) is 11.5 Å². The Morgan fingerprint density at radius 2 is 0.800 bits per heavy atom. The van der Waals surface area contributed by atoms with Crippen LogP contribution >= 0.6 is 0 Å². The summed E-state index contributed by atoms with van der Waals surface area (Å²) in [5, 5.41) is 0. The van der Waals surface area contributed by atoms with Gasteiger partial charge in [0.25, 0.3) is 0 Å². The highest BCUT2D eigenvalue weighted by atomic mass is 16.2. The second-order valence-electron chi connectivity index (χ2n) is 0.402. The van der Waals surface area contributed by atoms with E-state index >= 15 is 0 Å². The van der Waals surface area contributed by atoms with Crippen LogP contribution in [0.3, 0.4) is 0 Å². The van der Waals surface area contributed by atoms with Gasteiger partial charge in [0.2, 0.25) is 0 Å². The van der Waals surface area contributed by atoms with Crippen LogP contribution in [-0.4, -0.2) is 6.03 Å². The van der Waals surface area contributed by atoms with Crippen LogP contribution in [0.25, 0.3) is 0 Å². The van der Waals surface area contributed by atoms with Crippen molar-refractivity contribution in [3.05, 3.63) is 39.5 Å². The minimum atomic E-state index is -0.833. The first-order chi connectivity index (χ1) is 4.73. The molecule has 3 nitrogen and oxygen atoms in total. The van der Waals surface area contributed by atoms with Crippen LogP contribution in [0.4, 0.5) is 4.79 Å². The van der Waals surface area contributed by atoms with Gasteiger partial charge in [-0.15, -0.1) is 39.5 Å². The smallest absolute Gasteiger partial charge is 0.309 e. The van der Waals surface area contributed by atoms with E-state index in [0.717, 1.165) is 0 Å². The molecule has 3 heteroatoms. The summed E-state index contributed by atoms with van der Waals surface area (Å²) in [6, 6.07) is -0.833. The number of nitrogens with two attached hydrogens (primary N) is 2. The lowest BCUT2D eigenvalue weighted by Gasteiger charge is -1.62. The fourth-order valence-corrected chi connectivity index (χ4v) is 0. The third-order valence-corrected chi connectivity index (χ3v) is 0. The number of hydrogen-bond donors (Lipinski definition) is 2. The predicted octanol–water partition coefficient (Wildman–Crippen LogP) is 1.43. The van der Waals surface area contributed by atoms with E-state index in [1.807, 2.05) is 0 Å². The van der Waals surface area contributed by atoms with Crippen LogP contribution in [0, 0.1) is 0 Å². The molecular formula is C7H16N2O. The molecule has 60 valence electrons. The van der Waals surface area contributed by atoms with Gasteiger partial charge in [0.05, 0.1) is 0 Å². The van der Waals surface area contributed by atoms with Gasteiger partial charge in [-0.3, -0.25) is 0 Å². The third-order valence-electron chi connectivity index (χ3n) is 0. The largest absolute Gasteiger partial charge is 0.352 e. The van der Waals surface area contributed by atoms with E-state index in [1.54, 1.807) is 0 Å². The molecule has 0 aromatic heterocycles. The van der Waals surface area contributed by atoms with Gasteiger partial charge in [-0.25, -0.2) is 4.79 Å². The highest BCUT2D eigenvalue weighted by molar-refractivity contribution is 5.69. The summed E-state index contributed by atoms with van der Waals surface area (Å²) in [5.41, 5.74) is 8.50. The van der Waals surface area contributed by atoms with E-state index in [-0.39, 0.29) is 0 Å². The molecule has 10 heavy (non-hydrogen) atoms. The fraction of sp³-hybridized carbons (Fsp3) is 0. The maximum Gasteiger partial charge on any atom is 0.309 e. The minimum absolute atomic E-state index is 0.833. The zero-order chi connectivity index (χ0) is 9.58. The Bertz CT molecular complexity index is 55.9. The molecule has 0 saturated carbocycles. The van der Waals surface area contributed by atoms with Gasteiger partial charge < -0.3 is 11.5 Å². The van der Waals surface area contributed by atoms with E-state index in [0.29, 0.717) is 0 Å². The second kappa shape index (κ2) is 142. The van der Waals surface area contributed by atoms with E-state index in [9.17, 15) is 0 Å². The molecule has 0 unspecified atom stereocenters. The van der Waals surface area contributed by atoms with Crippen molar-refractivity contribution >= 4 is 6.03 Å². The van der Waals surface area contributed by atoms with Crippen LogP contribution in [0.5, 0.6) is 0 Å². The first-order valence-corrected chi connectivity index (χ1v) is 2.28. The molecular weight excluding hydrogens is 128 g/mol. The van der Waals surface area contributed by atoms with Crippen LogP contribution in [-0.2, 0) is 0 Å². The molecule has 0 aliphatic heterocycles. The molecule has 0 aromatic carbocycles. The Balaban J connectivity index is -0.0000000262. The molecule has 0 heterocycles. The number of amides is 2. The molecule has 4 N–H and O–H groups in total. The number of hydrogen-bond acceptors (Lipinski definition) is 1. The normalized spacial score (nSPS) is 3.60. The van der Waals surface area contributed by atoms with Gasteiger partial charge in [0, 0.05) is 0 Å². The monoisotopic (exact) mass is 144 g/mol. The first-order valence-electron chi connectivity index (χ1n) is 2.28. The van der Waals surface area contributed by atoms with Crippen LogP contribution in [0.15, 0.2) is 39.5 Å². The van der Waals surface area contributed by atoms with E-state index < -0.39 is 6.03 Å². The molecule has 0 aromatic rings. The topological polar surface area (TPSA) is 69.1 Å². The number of rotatable bonds is 0. The Morgan fingerprint density at radius 3 is 0.800 bits per heavy atom. The van der Waals surface area contributed by atoms with E-state index in [2.05, 4.69) is 50.9 Å². The summed E-state index contributed by atoms with van der Waals surface area (Å²) in [6.07, 6.45) is 0. The highest BCUT2D eigenvalue weighted by Crippen LogP contribution is 1.25. The molecule has 0 aliphatic carbocycles. The van der Waals surface area contributed by atoms with E-state index in [4.69, 9.17) is 4.79 Å². The average Bonchev–Trinajstić information content (AvgIpc) is 1.98. The molecule has 0 radical (unpaired) electrons. The second-order valence-corrected chi connectivity index (χ2v) is 0.402. The zero-order valence-electron chi connectivity index (χ0n) is 6.31. The quantitative estimate of drug-likeness (QED) is 0.496. The van der Waals surface area contributed by atoms with Gasteiger partial charge >= 0.3 is 6.03 Å². The number of carbonyl (C=O) groups excluding carboxylic acids is 1. The van der Waals surface area contributed by atoms with Gasteiger partial charge in [0.15, 0.2) is 0 Å². The summed E-state index contributed by atoms with van der Waals surface area (Å²) in [5.74, 6) is 0. The fourth-order valence-electron chi connectivity index (χ4n) is 0. The first kappa shape index (κ1) is 23.6. The van der Waals surface area contributed by atoms with Crippen molar-refractivity contribution in [1.29, 1.82) is 0 Å². The Hall–Kier alpha value is -1.51. The molecule has 0 bridgehead atoms. The van der Waals surface area contributed by atoms with Crippen molar-refractivity contribution in [2.45, 2.75) is 0 Å². The van der Waals surface area contributed by atoms with Gasteiger partial charge in [-0.2, -0.15) is 0 Å². The summed E-state index contributed by atoms with van der Waals surface area (Å²) in [6.45, 7) is 18.0. The summed E-state index contributed by atoms with van der Waals surface area (Å²) in [7, 11) is 0. The molecule has 0 atom stereocenters. The maximum absolute atomic E-state index is 9.00. The Morgan fingerprint density at radius 1 is 0.800 bits per heavy atom. The van der Waals surface area contributed by atoms with Gasteiger partial charge in [-0.1, -0.05) is 0 Å². The number of carbonyl (C=O) groups is 1. The van der Waals surface area contributed by atoms with Gasteiger partial charge in [-0.05, 0) is 0 Å². The van der Waals surface area contributed by atoms with E-state index in [1.165, 1.54) is 0 Å². The maximum atomic E-state index is 9.00. The predicted molar refractivity (Wildman–Crippen MR) is 47.5 cm³/mol. The van der Waals surface area contributed by atoms with Crippen molar-refractivity contribution in [2.75, 3.05) is 0 Å². The van der Waals surface area contributed by atoms with Crippen molar-refractivity contribution in [3.63, 3.8) is 0 Å². The van der Waals surface area contributed by atoms with Crippen molar-refractivity contribution in [1.82, 2.24) is 0 Å². The third kappa shape index (κ3) is 85.8. The number of primary amides is 2. The zero-order valence-corrected chi connectivity index (χ0v) is 6.31. The minimum Gasteiger partial charge on any atom is -0.352 e. The molecule has 2 amide bonds. The highest BCUT2D eigenvalue weighted by Gasteiger charge is 1.60. The summed E-state index contributed by atoms with van der Waals surface area (Å²) < 4.78 is 0. The molecule has 0 spiro atoms. The molecule has 0 rings (SSSR count). The van der Waals surface area contributed by atoms with Crippen molar-refractivity contribution in [3.8, 4) is 0 Å². The Kier molecular flexibility index (Phi) is 336. The molecule has 0 aliphatic rings. The lowest BCUT2D eigenvalue weighted by molar-refractivity contribution is 0.256. The average molecular weight is 144 g/mol. The summed E-state index contributed by atoms with van der Waals surface area (Å²) >= 11 is 0. The SMILES string of the molecule is C=C.C=C.C=C.NC(N)=O. The lowest BCUT2D eigenvalue weighted by atomic mass is 11.2. The van der Waals surface area contributed by atoms with Crippen LogP contribution in [0.1, 0.15) is 0 Å². The molecule has 0 saturated heterocycles. The summed E-state index contributed by atoms with van der Waals surface area (Å²) in [4.78, 5) is 9.00. The number of urea groups is 1. The standard InChI is InChI=1S/3C2H4.CH4N2O/c3*1-2;2-1(3)4/h3*1-2H2;(H4,2,3,4). The van der Waals surface area contributed by atoms with Crippen LogP contribution < -0.4 is 11.5 Å². The van der Waals surface area contributed by atoms with Crippen LogP contribution in [0.2, 0.25) is 0 Å². The Labute approximate surface area is 62.7 Å². The molecule has 0 fully saturated rings. The van der Waals surface area contributed by atoms with Crippen molar-refractivity contribution < 1.29 is 4.79 Å². The van der Waals surface area contributed by atoms with Gasteiger partial charge in [0.1, 0.15) is 0 Å².